The van der Waals surface area contributed by atoms with Gasteiger partial charge in [0.2, 0.25) is 0 Å². The molecule has 2 aromatic heterocycles. The van der Waals surface area contributed by atoms with Crippen molar-refractivity contribution in [3.05, 3.63) is 64.9 Å². The number of pyridine rings is 1. The summed E-state index contributed by atoms with van der Waals surface area (Å²) in [6.07, 6.45) is 5.12. The molecule has 0 unspecified atom stereocenters. The van der Waals surface area contributed by atoms with Crippen molar-refractivity contribution in [2.75, 3.05) is 5.73 Å². The SMILES string of the molecule is Cc1cc(N)cc(-c2cnc(C3(OCc4ccccc4)CCC3)s2)n1. The summed E-state index contributed by atoms with van der Waals surface area (Å²) in [5, 5.41) is 1.05. The van der Waals surface area contributed by atoms with Crippen molar-refractivity contribution in [3.8, 4) is 10.6 Å². The minimum absolute atomic E-state index is 0.242. The summed E-state index contributed by atoms with van der Waals surface area (Å²) in [7, 11) is 0. The molecule has 1 aromatic carbocycles. The van der Waals surface area contributed by atoms with Crippen LogP contribution in [0.15, 0.2) is 48.7 Å². The minimum atomic E-state index is -0.242. The van der Waals surface area contributed by atoms with Gasteiger partial charge in [-0.1, -0.05) is 30.3 Å². The molecule has 1 fully saturated rings. The fourth-order valence-corrected chi connectivity index (χ4v) is 4.22. The van der Waals surface area contributed by atoms with Crippen LogP contribution in [-0.4, -0.2) is 9.97 Å². The first-order valence-corrected chi connectivity index (χ1v) is 9.35. The number of thiazole rings is 1. The predicted molar refractivity (Wildman–Crippen MR) is 101 cm³/mol. The number of aryl methyl sites for hydroxylation is 1. The van der Waals surface area contributed by atoms with E-state index >= 15 is 0 Å². The third-order valence-electron chi connectivity index (χ3n) is 4.64. The molecule has 4 nitrogen and oxygen atoms in total. The second-order valence-corrected chi connectivity index (χ2v) is 7.61. The number of benzene rings is 1. The van der Waals surface area contributed by atoms with Gasteiger partial charge in [0.1, 0.15) is 10.6 Å². The minimum Gasteiger partial charge on any atom is -0.399 e. The van der Waals surface area contributed by atoms with Crippen molar-refractivity contribution >= 4 is 17.0 Å². The molecule has 128 valence electrons. The molecular weight excluding hydrogens is 330 g/mol. The predicted octanol–water partition coefficient (Wildman–Crippen LogP) is 4.69. The van der Waals surface area contributed by atoms with E-state index in [4.69, 9.17) is 10.5 Å². The Morgan fingerprint density at radius 3 is 2.68 bits per heavy atom. The van der Waals surface area contributed by atoms with Gasteiger partial charge < -0.3 is 10.5 Å². The van der Waals surface area contributed by atoms with Crippen LogP contribution >= 0.6 is 11.3 Å². The number of hydrogen-bond donors (Lipinski definition) is 1. The maximum absolute atomic E-state index is 6.34. The molecule has 1 aliphatic carbocycles. The maximum atomic E-state index is 6.34. The molecule has 3 aromatic rings. The molecule has 0 bridgehead atoms. The largest absolute Gasteiger partial charge is 0.399 e. The summed E-state index contributed by atoms with van der Waals surface area (Å²) < 4.78 is 6.34. The van der Waals surface area contributed by atoms with Crippen LogP contribution in [0.1, 0.15) is 35.5 Å². The van der Waals surface area contributed by atoms with Gasteiger partial charge in [0, 0.05) is 17.6 Å². The van der Waals surface area contributed by atoms with Crippen LogP contribution in [0.5, 0.6) is 0 Å². The Hall–Kier alpha value is -2.24. The number of nitrogen functional groups attached to an aromatic ring is 1. The summed E-state index contributed by atoms with van der Waals surface area (Å²) in [5.41, 5.74) is 9.45. The Balaban J connectivity index is 1.57. The van der Waals surface area contributed by atoms with Gasteiger partial charge in [-0.3, -0.25) is 4.98 Å². The zero-order valence-corrected chi connectivity index (χ0v) is 15.1. The van der Waals surface area contributed by atoms with E-state index in [-0.39, 0.29) is 5.60 Å². The summed E-state index contributed by atoms with van der Waals surface area (Å²) >= 11 is 1.67. The first-order chi connectivity index (χ1) is 12.1. The number of aromatic nitrogens is 2. The highest BCUT2D eigenvalue weighted by molar-refractivity contribution is 7.15. The summed E-state index contributed by atoms with van der Waals surface area (Å²) in [5.74, 6) is 0. The summed E-state index contributed by atoms with van der Waals surface area (Å²) in [4.78, 5) is 10.3. The Morgan fingerprint density at radius 1 is 1.20 bits per heavy atom. The average Bonchev–Trinajstić information content (AvgIpc) is 3.04. The lowest BCUT2D eigenvalue weighted by Crippen LogP contribution is -2.36. The average molecular weight is 351 g/mol. The first-order valence-electron chi connectivity index (χ1n) is 8.53. The maximum Gasteiger partial charge on any atom is 0.125 e. The van der Waals surface area contributed by atoms with Crippen molar-refractivity contribution < 1.29 is 4.74 Å². The van der Waals surface area contributed by atoms with Gasteiger partial charge >= 0.3 is 0 Å². The monoisotopic (exact) mass is 351 g/mol. The number of ether oxygens (including phenoxy) is 1. The van der Waals surface area contributed by atoms with Gasteiger partial charge in [-0.15, -0.1) is 11.3 Å². The van der Waals surface area contributed by atoms with E-state index in [1.807, 2.05) is 43.5 Å². The van der Waals surface area contributed by atoms with E-state index in [1.165, 1.54) is 12.0 Å². The highest BCUT2D eigenvalue weighted by atomic mass is 32.1. The third-order valence-corrected chi connectivity index (χ3v) is 5.85. The van der Waals surface area contributed by atoms with Crippen LogP contribution < -0.4 is 5.73 Å². The van der Waals surface area contributed by atoms with Crippen molar-refractivity contribution in [1.29, 1.82) is 0 Å². The standard InChI is InChI=1S/C20H21N3OS/c1-14-10-16(21)11-17(23-14)18-12-22-19(25-18)20(8-5-9-20)24-13-15-6-3-2-4-7-15/h2-4,6-7,10-12H,5,8-9,13H2,1H3,(H2,21,23). The van der Waals surface area contributed by atoms with Crippen LogP contribution in [0.25, 0.3) is 10.6 Å². The van der Waals surface area contributed by atoms with Crippen molar-refractivity contribution in [3.63, 3.8) is 0 Å². The number of nitrogens with zero attached hydrogens (tertiary/aromatic N) is 2. The molecule has 1 saturated carbocycles. The molecule has 2 N–H and O–H groups in total. The van der Waals surface area contributed by atoms with Gasteiger partial charge in [0.25, 0.3) is 0 Å². The molecule has 0 amide bonds. The summed E-state index contributed by atoms with van der Waals surface area (Å²) in [6.45, 7) is 2.57. The Bertz CT molecular complexity index is 851. The molecule has 0 radical (unpaired) electrons. The van der Waals surface area contributed by atoms with Crippen LogP contribution in [0.4, 0.5) is 5.69 Å². The van der Waals surface area contributed by atoms with E-state index in [1.54, 1.807) is 11.3 Å². The first kappa shape index (κ1) is 16.2. The zero-order valence-electron chi connectivity index (χ0n) is 14.2. The lowest BCUT2D eigenvalue weighted by molar-refractivity contribution is -0.116. The van der Waals surface area contributed by atoms with E-state index in [2.05, 4.69) is 22.1 Å². The molecule has 1 aliphatic rings. The summed E-state index contributed by atoms with van der Waals surface area (Å²) in [6, 6.07) is 14.1. The van der Waals surface area contributed by atoms with Crippen molar-refractivity contribution in [2.45, 2.75) is 38.4 Å². The van der Waals surface area contributed by atoms with Crippen molar-refractivity contribution in [1.82, 2.24) is 9.97 Å². The number of anilines is 1. The fraction of sp³-hybridized carbons (Fsp3) is 0.300. The number of hydrogen-bond acceptors (Lipinski definition) is 5. The van der Waals surface area contributed by atoms with Crippen LogP contribution in [0, 0.1) is 6.92 Å². The Morgan fingerprint density at radius 2 is 2.00 bits per heavy atom. The third kappa shape index (κ3) is 3.30. The lowest BCUT2D eigenvalue weighted by Gasteiger charge is -2.39. The highest BCUT2D eigenvalue weighted by Gasteiger charge is 2.42. The number of nitrogens with two attached hydrogens (primary N) is 1. The second-order valence-electron chi connectivity index (χ2n) is 6.58. The van der Waals surface area contributed by atoms with E-state index in [0.717, 1.165) is 39.8 Å². The van der Waals surface area contributed by atoms with Crippen molar-refractivity contribution in [2.24, 2.45) is 0 Å². The second kappa shape index (κ2) is 6.58. The Labute approximate surface area is 151 Å². The van der Waals surface area contributed by atoms with Gasteiger partial charge in [0.15, 0.2) is 0 Å². The molecule has 0 aliphatic heterocycles. The normalized spacial score (nSPS) is 15.7. The van der Waals surface area contributed by atoms with Crippen LogP contribution in [0.3, 0.4) is 0 Å². The lowest BCUT2D eigenvalue weighted by atomic mass is 9.80. The van der Waals surface area contributed by atoms with E-state index in [0.29, 0.717) is 6.61 Å². The molecule has 5 heteroatoms. The van der Waals surface area contributed by atoms with Gasteiger partial charge in [-0.05, 0) is 43.9 Å². The van der Waals surface area contributed by atoms with Gasteiger partial charge in [0.05, 0.1) is 17.2 Å². The van der Waals surface area contributed by atoms with Crippen LogP contribution in [0.2, 0.25) is 0 Å². The van der Waals surface area contributed by atoms with Gasteiger partial charge in [-0.2, -0.15) is 0 Å². The molecular formula is C20H21N3OS. The molecule has 0 saturated heterocycles. The smallest absolute Gasteiger partial charge is 0.125 e. The Kier molecular flexibility index (Phi) is 4.27. The molecule has 0 atom stereocenters. The fourth-order valence-electron chi connectivity index (χ4n) is 3.14. The number of rotatable bonds is 5. The molecule has 25 heavy (non-hydrogen) atoms. The van der Waals surface area contributed by atoms with Gasteiger partial charge in [-0.25, -0.2) is 4.98 Å². The quantitative estimate of drug-likeness (QED) is 0.724. The van der Waals surface area contributed by atoms with E-state index in [9.17, 15) is 0 Å². The topological polar surface area (TPSA) is 61.0 Å². The van der Waals surface area contributed by atoms with Crippen LogP contribution in [-0.2, 0) is 16.9 Å². The molecule has 4 rings (SSSR count). The zero-order chi connectivity index (χ0) is 17.3. The molecule has 0 spiro atoms. The van der Waals surface area contributed by atoms with E-state index < -0.39 is 0 Å². The molecule has 2 heterocycles. The highest BCUT2D eigenvalue weighted by Crippen LogP contribution is 2.47.